The summed E-state index contributed by atoms with van der Waals surface area (Å²) in [6.07, 6.45) is 1.53. The van der Waals surface area contributed by atoms with Crippen LogP contribution in [0, 0.1) is 18.6 Å². The van der Waals surface area contributed by atoms with Gasteiger partial charge in [0, 0.05) is 23.8 Å². The average molecular weight is 478 g/mol. The Morgan fingerprint density at radius 2 is 1.78 bits per heavy atom. The van der Waals surface area contributed by atoms with E-state index in [0.29, 0.717) is 17.7 Å². The van der Waals surface area contributed by atoms with Gasteiger partial charge in [0.05, 0.1) is 16.1 Å². The molecule has 0 bridgehead atoms. The van der Waals surface area contributed by atoms with Crippen molar-refractivity contribution in [1.29, 1.82) is 0 Å². The lowest BCUT2D eigenvalue weighted by atomic mass is 10.1. The Bertz CT molecular complexity index is 1390. The van der Waals surface area contributed by atoms with Gasteiger partial charge in [-0.1, -0.05) is 18.2 Å². The van der Waals surface area contributed by atoms with Crippen LogP contribution in [-0.4, -0.2) is 19.4 Å². The molecule has 0 spiro atoms. The summed E-state index contributed by atoms with van der Waals surface area (Å²) in [5.41, 5.74) is 2.79. The van der Waals surface area contributed by atoms with Gasteiger partial charge in [-0.3, -0.25) is 0 Å². The number of rotatable bonds is 6. The summed E-state index contributed by atoms with van der Waals surface area (Å²) in [7, 11) is -2.28. The molecule has 1 aromatic heterocycles. The molecule has 9 heteroatoms. The van der Waals surface area contributed by atoms with Gasteiger partial charge in [-0.2, -0.15) is 0 Å². The molecule has 1 heterocycles. The molecule has 4 aromatic rings. The molecule has 4 rings (SSSR count). The van der Waals surface area contributed by atoms with Gasteiger partial charge in [-0.15, -0.1) is 12.4 Å². The normalized spacial score (nSPS) is 11.4. The minimum absolute atomic E-state index is 0. The van der Waals surface area contributed by atoms with Gasteiger partial charge in [0.25, 0.3) is 10.0 Å². The van der Waals surface area contributed by atoms with E-state index < -0.39 is 21.7 Å². The number of halogens is 3. The summed E-state index contributed by atoms with van der Waals surface area (Å²) >= 11 is 0. The minimum Gasteiger partial charge on any atom is -0.353 e. The molecule has 2 N–H and O–H groups in total. The first-order valence-electron chi connectivity index (χ1n) is 9.62. The average Bonchev–Trinajstić information content (AvgIpc) is 3.09. The summed E-state index contributed by atoms with van der Waals surface area (Å²) in [6, 6.07) is 14.9. The molecule has 5 nitrogen and oxygen atoms in total. The van der Waals surface area contributed by atoms with E-state index in [1.165, 1.54) is 30.5 Å². The molecule has 0 unspecified atom stereocenters. The van der Waals surface area contributed by atoms with Crippen LogP contribution in [0.1, 0.15) is 11.1 Å². The van der Waals surface area contributed by atoms with Crippen molar-refractivity contribution in [2.24, 2.45) is 0 Å². The molecule has 0 aliphatic rings. The molecular weight excluding hydrogens is 456 g/mol. The Morgan fingerprint density at radius 1 is 1.00 bits per heavy atom. The van der Waals surface area contributed by atoms with Gasteiger partial charge in [-0.25, -0.2) is 21.2 Å². The maximum absolute atomic E-state index is 14.3. The van der Waals surface area contributed by atoms with Crippen LogP contribution in [0.5, 0.6) is 0 Å². The fraction of sp³-hybridized carbons (Fsp3) is 0.130. The second-order valence-electron chi connectivity index (χ2n) is 7.28. The van der Waals surface area contributed by atoms with Gasteiger partial charge in [-0.05, 0) is 67.6 Å². The van der Waals surface area contributed by atoms with E-state index in [4.69, 9.17) is 0 Å². The number of aromatic nitrogens is 1. The number of nitrogens with one attached hydrogen (secondary N) is 2. The van der Waals surface area contributed by atoms with Crippen LogP contribution < -0.4 is 10.6 Å². The first-order valence-corrected chi connectivity index (χ1v) is 11.1. The van der Waals surface area contributed by atoms with Crippen molar-refractivity contribution < 1.29 is 17.2 Å². The van der Waals surface area contributed by atoms with E-state index in [1.807, 2.05) is 0 Å². The molecule has 168 valence electrons. The molecule has 32 heavy (non-hydrogen) atoms. The zero-order valence-electron chi connectivity index (χ0n) is 17.4. The molecule has 0 saturated carbocycles. The van der Waals surface area contributed by atoms with Crippen LogP contribution in [0.2, 0.25) is 0 Å². The summed E-state index contributed by atoms with van der Waals surface area (Å²) in [5, 5.41) is 6.75. The van der Waals surface area contributed by atoms with Crippen molar-refractivity contribution in [3.05, 3.63) is 89.6 Å². The van der Waals surface area contributed by atoms with E-state index in [9.17, 15) is 17.2 Å². The largest absolute Gasteiger partial charge is 0.353 e. The molecular formula is C23H22ClF2N3O2S. The van der Waals surface area contributed by atoms with Crippen molar-refractivity contribution in [2.75, 3.05) is 12.4 Å². The molecule has 0 radical (unpaired) electrons. The molecule has 3 aromatic carbocycles. The van der Waals surface area contributed by atoms with E-state index in [2.05, 4.69) is 10.6 Å². The highest BCUT2D eigenvalue weighted by atomic mass is 35.5. The molecule has 0 amide bonds. The zero-order chi connectivity index (χ0) is 22.2. The van der Waals surface area contributed by atoms with E-state index in [1.54, 1.807) is 44.3 Å². The lowest BCUT2D eigenvalue weighted by molar-refractivity contribution is 0.584. The van der Waals surface area contributed by atoms with Crippen molar-refractivity contribution in [3.63, 3.8) is 0 Å². The Labute approximate surface area is 191 Å². The molecule has 0 aliphatic heterocycles. The van der Waals surface area contributed by atoms with Crippen LogP contribution in [0.15, 0.2) is 71.8 Å². The maximum atomic E-state index is 14.3. The first kappa shape index (κ1) is 23.7. The van der Waals surface area contributed by atoms with Gasteiger partial charge >= 0.3 is 0 Å². The third-order valence-electron chi connectivity index (χ3n) is 4.98. The molecule has 0 saturated heterocycles. The minimum atomic E-state index is -4.04. The number of nitrogens with zero attached hydrogens (tertiary/aromatic N) is 1. The van der Waals surface area contributed by atoms with Crippen LogP contribution in [0.4, 0.5) is 20.2 Å². The van der Waals surface area contributed by atoms with Gasteiger partial charge in [0.1, 0.15) is 11.6 Å². The summed E-state index contributed by atoms with van der Waals surface area (Å²) < 4.78 is 55.7. The van der Waals surface area contributed by atoms with Gasteiger partial charge in [0.2, 0.25) is 0 Å². The molecule has 0 fully saturated rings. The van der Waals surface area contributed by atoms with Crippen molar-refractivity contribution in [3.8, 4) is 0 Å². The van der Waals surface area contributed by atoms with Crippen molar-refractivity contribution in [1.82, 2.24) is 9.29 Å². The third-order valence-corrected chi connectivity index (χ3v) is 6.65. The lowest BCUT2D eigenvalue weighted by Crippen LogP contribution is -2.12. The summed E-state index contributed by atoms with van der Waals surface area (Å²) in [6.45, 7) is 2.24. The summed E-state index contributed by atoms with van der Waals surface area (Å²) in [4.78, 5) is -0.150. The van der Waals surface area contributed by atoms with Crippen LogP contribution in [-0.2, 0) is 16.6 Å². The molecule has 0 aliphatic carbocycles. The lowest BCUT2D eigenvalue weighted by Gasteiger charge is -2.11. The highest BCUT2D eigenvalue weighted by Crippen LogP contribution is 2.30. The Kier molecular flexibility index (Phi) is 6.88. The predicted molar refractivity (Wildman–Crippen MR) is 125 cm³/mol. The third kappa shape index (κ3) is 4.48. The number of anilines is 2. The highest BCUT2D eigenvalue weighted by molar-refractivity contribution is 7.90. The number of hydrogen-bond acceptors (Lipinski definition) is 4. The van der Waals surface area contributed by atoms with Crippen LogP contribution in [0.25, 0.3) is 10.9 Å². The smallest absolute Gasteiger partial charge is 0.268 e. The number of fused-ring (bicyclic) bond motifs is 1. The topological polar surface area (TPSA) is 63.1 Å². The second kappa shape index (κ2) is 9.28. The molecule has 0 atom stereocenters. The highest BCUT2D eigenvalue weighted by Gasteiger charge is 2.22. The standard InChI is InChI=1S/C23H21F2N3O2S.ClH/c1-15-6-9-22(21(25)10-15)27-18-7-8-20-16(13-26-2)14-28(23(20)12-18)31(29,30)19-5-3-4-17(24)11-19;/h3-12,14,26-27H,13H2,1-2H3;1H. The van der Waals surface area contributed by atoms with Crippen molar-refractivity contribution >= 4 is 44.7 Å². The predicted octanol–water partition coefficient (Wildman–Crippen LogP) is 5.35. The first-order chi connectivity index (χ1) is 14.8. The van der Waals surface area contributed by atoms with Gasteiger partial charge < -0.3 is 10.6 Å². The SMILES string of the molecule is CNCc1cn(S(=O)(=O)c2cccc(F)c2)c2cc(Nc3ccc(C)cc3F)ccc12.Cl. The Balaban J connectivity index is 0.00000289. The Morgan fingerprint density at radius 3 is 2.47 bits per heavy atom. The summed E-state index contributed by atoms with van der Waals surface area (Å²) in [5.74, 6) is -1.04. The number of aryl methyl sites for hydroxylation is 1. The second-order valence-corrected chi connectivity index (χ2v) is 9.10. The van der Waals surface area contributed by atoms with E-state index >= 15 is 0 Å². The monoisotopic (exact) mass is 477 g/mol. The fourth-order valence-corrected chi connectivity index (χ4v) is 4.91. The van der Waals surface area contributed by atoms with Crippen LogP contribution in [0.3, 0.4) is 0 Å². The van der Waals surface area contributed by atoms with Crippen molar-refractivity contribution in [2.45, 2.75) is 18.4 Å². The van der Waals surface area contributed by atoms with Gasteiger partial charge in [0.15, 0.2) is 0 Å². The quantitative estimate of drug-likeness (QED) is 0.393. The zero-order valence-corrected chi connectivity index (χ0v) is 19.0. The maximum Gasteiger partial charge on any atom is 0.268 e. The Hall–Kier alpha value is -2.94. The van der Waals surface area contributed by atoms with E-state index in [-0.39, 0.29) is 23.0 Å². The van der Waals surface area contributed by atoms with Crippen LogP contribution >= 0.6 is 12.4 Å². The fourth-order valence-electron chi connectivity index (χ4n) is 3.49. The number of benzene rings is 3. The van der Waals surface area contributed by atoms with E-state index in [0.717, 1.165) is 26.6 Å². The number of hydrogen-bond donors (Lipinski definition) is 2.